The molecule has 0 spiro atoms. The smallest absolute Gasteiger partial charge is 0.250 e. The first-order chi connectivity index (χ1) is 15.2. The van der Waals surface area contributed by atoms with E-state index in [-0.39, 0.29) is 11.7 Å². The molecule has 7 heteroatoms. The summed E-state index contributed by atoms with van der Waals surface area (Å²) < 4.78 is 7.85. The van der Waals surface area contributed by atoms with E-state index in [1.807, 2.05) is 48.5 Å². The Morgan fingerprint density at radius 2 is 1.97 bits per heavy atom. The van der Waals surface area contributed by atoms with Crippen molar-refractivity contribution in [2.45, 2.75) is 17.9 Å². The first-order valence-corrected chi connectivity index (χ1v) is 11.5. The maximum atomic E-state index is 12.1. The lowest BCUT2D eigenvalue weighted by atomic mass is 10.2. The van der Waals surface area contributed by atoms with E-state index in [1.54, 1.807) is 17.6 Å². The van der Waals surface area contributed by atoms with Gasteiger partial charge in [-0.05, 0) is 42.3 Å². The molecule has 0 aliphatic heterocycles. The average molecular weight is 448 g/mol. The predicted octanol–water partition coefficient (Wildman–Crippen LogP) is 5.43. The maximum absolute atomic E-state index is 12.1. The van der Waals surface area contributed by atoms with E-state index in [1.165, 1.54) is 17.3 Å². The Hall–Kier alpha value is -3.16. The van der Waals surface area contributed by atoms with E-state index < -0.39 is 0 Å². The molecule has 5 nitrogen and oxygen atoms in total. The number of hydrazone groups is 1. The van der Waals surface area contributed by atoms with Gasteiger partial charge in [-0.1, -0.05) is 65.9 Å². The molecule has 0 saturated carbocycles. The number of carbonyl (C=O) groups excluding carboxylic acids is 1. The van der Waals surface area contributed by atoms with Crippen LogP contribution in [0.1, 0.15) is 16.7 Å². The molecule has 1 N–H and O–H groups in total. The molecule has 1 amide bonds. The maximum Gasteiger partial charge on any atom is 0.250 e. The van der Waals surface area contributed by atoms with Crippen molar-refractivity contribution >= 4 is 45.4 Å². The van der Waals surface area contributed by atoms with Gasteiger partial charge in [0, 0.05) is 0 Å². The zero-order valence-electron chi connectivity index (χ0n) is 16.9. The number of aryl methyl sites for hydroxylation is 1. The Kier molecular flexibility index (Phi) is 6.96. The van der Waals surface area contributed by atoms with Crippen molar-refractivity contribution in [3.05, 3.63) is 89.5 Å². The van der Waals surface area contributed by atoms with Gasteiger partial charge in [-0.15, -0.1) is 11.3 Å². The van der Waals surface area contributed by atoms with Gasteiger partial charge >= 0.3 is 0 Å². The summed E-state index contributed by atoms with van der Waals surface area (Å²) in [5.74, 6) is 0.839. The molecular weight excluding hydrogens is 426 g/mol. The van der Waals surface area contributed by atoms with Gasteiger partial charge in [0.15, 0.2) is 4.34 Å². The predicted molar refractivity (Wildman–Crippen MR) is 128 cm³/mol. The number of nitrogens with zero attached hydrogens (tertiary/aromatic N) is 2. The number of thiazole rings is 1. The number of amides is 1. The van der Waals surface area contributed by atoms with Crippen LogP contribution >= 0.6 is 23.1 Å². The molecule has 0 atom stereocenters. The fourth-order valence-electron chi connectivity index (χ4n) is 2.79. The number of para-hydroxylation sites is 1. The largest absolute Gasteiger partial charge is 0.489 e. The first kappa shape index (κ1) is 21.1. The van der Waals surface area contributed by atoms with Crippen LogP contribution in [-0.4, -0.2) is 22.9 Å². The van der Waals surface area contributed by atoms with Crippen LogP contribution in [0.3, 0.4) is 0 Å². The molecule has 156 valence electrons. The van der Waals surface area contributed by atoms with Crippen LogP contribution in [0.5, 0.6) is 5.75 Å². The minimum atomic E-state index is -0.174. The topological polar surface area (TPSA) is 63.6 Å². The molecule has 31 heavy (non-hydrogen) atoms. The van der Waals surface area contributed by atoms with E-state index in [0.29, 0.717) is 6.61 Å². The van der Waals surface area contributed by atoms with Gasteiger partial charge in [-0.25, -0.2) is 10.4 Å². The molecule has 0 radical (unpaired) electrons. The van der Waals surface area contributed by atoms with Crippen molar-refractivity contribution in [2.24, 2.45) is 5.10 Å². The molecule has 0 unspecified atom stereocenters. The standard InChI is InChI=1S/C24H21N3O2S2/c1-17-9-11-18(12-10-17)15-29-20-6-4-5-19(13-20)14-25-27-23(28)16-30-24-26-21-7-2-3-8-22(21)31-24/h2-14H,15-16H2,1H3,(H,27,28)/b25-14-. The lowest BCUT2D eigenvalue weighted by Crippen LogP contribution is -2.19. The highest BCUT2D eigenvalue weighted by Crippen LogP contribution is 2.29. The summed E-state index contributed by atoms with van der Waals surface area (Å²) in [6.45, 7) is 2.56. The molecule has 0 aliphatic rings. The highest BCUT2D eigenvalue weighted by atomic mass is 32.2. The Labute approximate surface area is 189 Å². The first-order valence-electron chi connectivity index (χ1n) is 9.74. The van der Waals surface area contributed by atoms with Gasteiger partial charge in [-0.2, -0.15) is 5.10 Å². The Morgan fingerprint density at radius 1 is 1.13 bits per heavy atom. The summed E-state index contributed by atoms with van der Waals surface area (Å²) in [7, 11) is 0. The lowest BCUT2D eigenvalue weighted by molar-refractivity contribution is -0.118. The van der Waals surface area contributed by atoms with E-state index in [0.717, 1.165) is 31.4 Å². The Bertz CT molecular complexity index is 1170. The van der Waals surface area contributed by atoms with Crippen molar-refractivity contribution in [1.29, 1.82) is 0 Å². The molecule has 0 bridgehead atoms. The third-order valence-corrected chi connectivity index (χ3v) is 6.57. The van der Waals surface area contributed by atoms with Crippen molar-refractivity contribution in [2.75, 3.05) is 5.75 Å². The summed E-state index contributed by atoms with van der Waals surface area (Å²) in [6, 6.07) is 23.8. The Balaban J connectivity index is 1.25. The molecule has 4 aromatic rings. The second-order valence-corrected chi connectivity index (χ2v) is 9.13. The molecule has 0 fully saturated rings. The van der Waals surface area contributed by atoms with E-state index >= 15 is 0 Å². The number of thioether (sulfide) groups is 1. The van der Waals surface area contributed by atoms with Gasteiger partial charge in [0.2, 0.25) is 0 Å². The van der Waals surface area contributed by atoms with E-state index in [2.05, 4.69) is 46.7 Å². The van der Waals surface area contributed by atoms with Crippen LogP contribution in [0.2, 0.25) is 0 Å². The minimum absolute atomic E-state index is 0.174. The summed E-state index contributed by atoms with van der Waals surface area (Å²) in [5.41, 5.74) is 6.71. The molecule has 0 saturated heterocycles. The third-order valence-electron chi connectivity index (χ3n) is 4.39. The summed E-state index contributed by atoms with van der Waals surface area (Å²) in [6.07, 6.45) is 1.61. The third kappa shape index (κ3) is 6.16. The van der Waals surface area contributed by atoms with Crippen molar-refractivity contribution in [3.63, 3.8) is 0 Å². The molecule has 0 aliphatic carbocycles. The summed E-state index contributed by atoms with van der Waals surface area (Å²) in [4.78, 5) is 16.6. The molecule has 3 aromatic carbocycles. The molecule has 4 rings (SSSR count). The fourth-order valence-corrected chi connectivity index (χ4v) is 4.65. The van der Waals surface area contributed by atoms with Crippen molar-refractivity contribution in [3.8, 4) is 5.75 Å². The quantitative estimate of drug-likeness (QED) is 0.222. The number of fused-ring (bicyclic) bond motifs is 1. The number of hydrogen-bond acceptors (Lipinski definition) is 6. The number of hydrogen-bond donors (Lipinski definition) is 1. The number of aromatic nitrogens is 1. The number of carbonyl (C=O) groups is 1. The zero-order valence-corrected chi connectivity index (χ0v) is 18.6. The number of nitrogens with one attached hydrogen (secondary N) is 1. The second kappa shape index (κ2) is 10.2. The van der Waals surface area contributed by atoms with Crippen molar-refractivity contribution in [1.82, 2.24) is 10.4 Å². The zero-order chi connectivity index (χ0) is 21.5. The average Bonchev–Trinajstić information content (AvgIpc) is 3.21. The van der Waals surface area contributed by atoms with Crippen LogP contribution in [0.15, 0.2) is 82.2 Å². The fraction of sp³-hybridized carbons (Fsp3) is 0.125. The van der Waals surface area contributed by atoms with Crippen LogP contribution < -0.4 is 10.2 Å². The summed E-state index contributed by atoms with van der Waals surface area (Å²) >= 11 is 2.99. The van der Waals surface area contributed by atoms with Crippen LogP contribution in [-0.2, 0) is 11.4 Å². The van der Waals surface area contributed by atoms with Gasteiger partial charge in [0.05, 0.1) is 22.2 Å². The Morgan fingerprint density at radius 3 is 2.81 bits per heavy atom. The highest BCUT2D eigenvalue weighted by molar-refractivity contribution is 8.01. The van der Waals surface area contributed by atoms with Gasteiger partial charge in [0.1, 0.15) is 12.4 Å². The van der Waals surface area contributed by atoms with E-state index in [4.69, 9.17) is 4.74 Å². The van der Waals surface area contributed by atoms with Crippen LogP contribution in [0.25, 0.3) is 10.2 Å². The second-order valence-electron chi connectivity index (χ2n) is 6.88. The number of ether oxygens (including phenoxy) is 1. The normalized spacial score (nSPS) is 11.1. The number of benzene rings is 3. The van der Waals surface area contributed by atoms with Crippen LogP contribution in [0, 0.1) is 6.92 Å². The van der Waals surface area contributed by atoms with Crippen molar-refractivity contribution < 1.29 is 9.53 Å². The highest BCUT2D eigenvalue weighted by Gasteiger charge is 2.07. The van der Waals surface area contributed by atoms with Gasteiger partial charge in [0.25, 0.3) is 5.91 Å². The van der Waals surface area contributed by atoms with E-state index in [9.17, 15) is 4.79 Å². The molecular formula is C24H21N3O2S2. The van der Waals surface area contributed by atoms with Gasteiger partial charge in [-0.3, -0.25) is 4.79 Å². The monoisotopic (exact) mass is 447 g/mol. The number of rotatable bonds is 8. The van der Waals surface area contributed by atoms with Gasteiger partial charge < -0.3 is 4.74 Å². The minimum Gasteiger partial charge on any atom is -0.489 e. The molecule has 1 heterocycles. The van der Waals surface area contributed by atoms with Crippen LogP contribution in [0.4, 0.5) is 0 Å². The molecule has 1 aromatic heterocycles. The SMILES string of the molecule is Cc1ccc(COc2cccc(/C=N\NC(=O)CSc3nc4ccccc4s3)c2)cc1. The lowest BCUT2D eigenvalue weighted by Gasteiger charge is -2.07. The summed E-state index contributed by atoms with van der Waals surface area (Å²) in [5, 5.41) is 4.06.